The molecule has 1 aromatic heterocycles. The molecule has 2 amide bonds. The van der Waals surface area contributed by atoms with Gasteiger partial charge < -0.3 is 19.4 Å². The van der Waals surface area contributed by atoms with Crippen molar-refractivity contribution in [2.45, 2.75) is 13.0 Å². The fourth-order valence-electron chi connectivity index (χ4n) is 3.86. The highest BCUT2D eigenvalue weighted by molar-refractivity contribution is 7.21. The predicted octanol–water partition coefficient (Wildman–Crippen LogP) is 2.21. The molecule has 0 spiro atoms. The van der Waals surface area contributed by atoms with Crippen LogP contribution < -0.4 is 0 Å². The fraction of sp³-hybridized carbons (Fsp3) is 0.500. The zero-order valence-corrected chi connectivity index (χ0v) is 16.6. The number of rotatable bonds is 2. The normalized spacial score (nSPS) is 21.6. The first-order valence-electron chi connectivity index (χ1n) is 9.41. The van der Waals surface area contributed by atoms with Crippen LogP contribution in [0.1, 0.15) is 28.3 Å². The van der Waals surface area contributed by atoms with Crippen LogP contribution >= 0.6 is 11.3 Å². The number of fused-ring (bicyclic) bond motifs is 1. The molecule has 7 heteroatoms. The average Bonchev–Trinajstić information content (AvgIpc) is 3.07. The maximum absolute atomic E-state index is 13.4. The van der Waals surface area contributed by atoms with E-state index in [-0.39, 0.29) is 17.9 Å². The summed E-state index contributed by atoms with van der Waals surface area (Å²) in [6, 6.07) is 8.19. The molecule has 1 aromatic carbocycles. The van der Waals surface area contributed by atoms with Crippen LogP contribution in [0, 0.1) is 0 Å². The Morgan fingerprint density at radius 2 is 1.78 bits per heavy atom. The Morgan fingerprint density at radius 3 is 2.48 bits per heavy atom. The largest absolute Gasteiger partial charge is 0.371 e. The molecule has 2 saturated heterocycles. The molecular weight excluding hydrogens is 362 g/mol. The van der Waals surface area contributed by atoms with E-state index in [0.717, 1.165) is 33.6 Å². The smallest absolute Gasteiger partial charge is 0.264 e. The van der Waals surface area contributed by atoms with Gasteiger partial charge in [-0.15, -0.1) is 11.3 Å². The van der Waals surface area contributed by atoms with Gasteiger partial charge in [-0.3, -0.25) is 9.59 Å². The third kappa shape index (κ3) is 3.59. The van der Waals surface area contributed by atoms with Crippen LogP contribution in [-0.2, 0) is 9.53 Å². The van der Waals surface area contributed by atoms with Gasteiger partial charge in [0, 0.05) is 56.5 Å². The Kier molecular flexibility index (Phi) is 5.16. The van der Waals surface area contributed by atoms with Gasteiger partial charge in [-0.1, -0.05) is 18.2 Å². The van der Waals surface area contributed by atoms with Crippen molar-refractivity contribution < 1.29 is 14.3 Å². The monoisotopic (exact) mass is 387 g/mol. The number of piperazine rings is 1. The molecular formula is C20H25N3O3S. The second kappa shape index (κ2) is 7.58. The summed E-state index contributed by atoms with van der Waals surface area (Å²) in [4.78, 5) is 31.6. The van der Waals surface area contributed by atoms with Crippen LogP contribution in [-0.4, -0.2) is 79.4 Å². The number of carbonyl (C=O) groups excluding carboxylic acids is 2. The van der Waals surface area contributed by atoms with Gasteiger partial charge in [0.25, 0.3) is 5.91 Å². The minimum atomic E-state index is -0.0858. The van der Waals surface area contributed by atoms with Gasteiger partial charge in [-0.05, 0) is 18.5 Å². The fourth-order valence-corrected chi connectivity index (χ4v) is 5.09. The summed E-state index contributed by atoms with van der Waals surface area (Å²) in [6.45, 7) is 6.33. The highest BCUT2D eigenvalue weighted by Gasteiger charge is 2.32. The summed E-state index contributed by atoms with van der Waals surface area (Å²) < 4.78 is 7.19. The van der Waals surface area contributed by atoms with Gasteiger partial charge in [0.1, 0.15) is 0 Å². The molecule has 0 aliphatic carbocycles. The number of benzene rings is 1. The van der Waals surface area contributed by atoms with E-state index in [0.29, 0.717) is 32.8 Å². The Morgan fingerprint density at radius 1 is 1.07 bits per heavy atom. The number of hydrogen-bond acceptors (Lipinski definition) is 5. The van der Waals surface area contributed by atoms with Gasteiger partial charge >= 0.3 is 0 Å². The van der Waals surface area contributed by atoms with E-state index in [1.807, 2.05) is 17.0 Å². The second-order valence-electron chi connectivity index (χ2n) is 7.26. The number of nitrogens with zero attached hydrogens (tertiary/aromatic N) is 3. The summed E-state index contributed by atoms with van der Waals surface area (Å²) >= 11 is 1.56. The third-order valence-corrected chi connectivity index (χ3v) is 6.61. The van der Waals surface area contributed by atoms with E-state index in [9.17, 15) is 9.59 Å². The summed E-state index contributed by atoms with van der Waals surface area (Å²) in [5.74, 6) is 0.134. The quantitative estimate of drug-likeness (QED) is 0.793. The minimum absolute atomic E-state index is 0.0613. The van der Waals surface area contributed by atoms with Crippen molar-refractivity contribution in [2.75, 3.05) is 52.9 Å². The third-order valence-electron chi connectivity index (χ3n) is 5.43. The van der Waals surface area contributed by atoms with Gasteiger partial charge in [-0.25, -0.2) is 0 Å². The first kappa shape index (κ1) is 18.4. The molecule has 6 nitrogen and oxygen atoms in total. The highest BCUT2D eigenvalue weighted by Crippen LogP contribution is 2.38. The van der Waals surface area contributed by atoms with Gasteiger partial charge in [0.05, 0.1) is 17.6 Å². The lowest BCUT2D eigenvalue weighted by molar-refractivity contribution is -0.130. The van der Waals surface area contributed by atoms with E-state index in [4.69, 9.17) is 4.74 Å². The molecule has 0 radical (unpaired) electrons. The van der Waals surface area contributed by atoms with Crippen LogP contribution in [0.5, 0.6) is 0 Å². The summed E-state index contributed by atoms with van der Waals surface area (Å²) in [5, 5.41) is 1.12. The number of hydrogen-bond donors (Lipinski definition) is 0. The van der Waals surface area contributed by atoms with Crippen molar-refractivity contribution in [2.24, 2.45) is 0 Å². The number of carbonyl (C=O) groups is 2. The first-order chi connectivity index (χ1) is 13.0. The van der Waals surface area contributed by atoms with E-state index >= 15 is 0 Å². The summed E-state index contributed by atoms with van der Waals surface area (Å²) in [7, 11) is 2.09. The van der Waals surface area contributed by atoms with Crippen molar-refractivity contribution in [3.05, 3.63) is 34.7 Å². The standard InChI is InChI=1S/C20H25N3O3S/c1-14(24)22-7-9-23(10-8-22)20(25)19-18(16-13-21(2)11-12-26-16)15-5-3-4-6-17(15)27-19/h3-6,16H,7-13H2,1-2H3. The van der Waals surface area contributed by atoms with E-state index in [1.165, 1.54) is 0 Å². The SMILES string of the molecule is CC(=O)N1CCN(C(=O)c2sc3ccccc3c2C2CN(C)CCO2)CC1. The molecule has 0 saturated carbocycles. The van der Waals surface area contributed by atoms with Crippen molar-refractivity contribution in [1.82, 2.24) is 14.7 Å². The minimum Gasteiger partial charge on any atom is -0.371 e. The Bertz CT molecular complexity index is 857. The van der Waals surface area contributed by atoms with Gasteiger partial charge in [0.2, 0.25) is 5.91 Å². The predicted molar refractivity (Wildman–Crippen MR) is 106 cm³/mol. The van der Waals surface area contributed by atoms with Crippen molar-refractivity contribution >= 4 is 33.2 Å². The van der Waals surface area contributed by atoms with Crippen LogP contribution in [0.3, 0.4) is 0 Å². The molecule has 2 aliphatic heterocycles. The summed E-state index contributed by atoms with van der Waals surface area (Å²) in [6.07, 6.45) is -0.0858. The number of ether oxygens (including phenoxy) is 1. The lowest BCUT2D eigenvalue weighted by Gasteiger charge is -2.35. The van der Waals surface area contributed by atoms with Gasteiger partial charge in [-0.2, -0.15) is 0 Å². The number of likely N-dealkylation sites (N-methyl/N-ethyl adjacent to an activating group) is 1. The van der Waals surface area contributed by atoms with Gasteiger partial charge in [0.15, 0.2) is 0 Å². The number of amides is 2. The first-order valence-corrected chi connectivity index (χ1v) is 10.2. The molecule has 3 heterocycles. The molecule has 27 heavy (non-hydrogen) atoms. The second-order valence-corrected chi connectivity index (χ2v) is 8.31. The molecule has 144 valence electrons. The highest BCUT2D eigenvalue weighted by atomic mass is 32.1. The average molecular weight is 388 g/mol. The molecule has 2 aromatic rings. The van der Waals surface area contributed by atoms with Crippen LogP contribution in [0.4, 0.5) is 0 Å². The Balaban J connectivity index is 1.66. The lowest BCUT2D eigenvalue weighted by Crippen LogP contribution is -2.50. The summed E-state index contributed by atoms with van der Waals surface area (Å²) in [5.41, 5.74) is 1.03. The molecule has 4 rings (SSSR count). The Labute approximate surface area is 163 Å². The molecule has 0 bridgehead atoms. The molecule has 0 N–H and O–H groups in total. The van der Waals surface area contributed by atoms with Crippen LogP contribution in [0.25, 0.3) is 10.1 Å². The molecule has 1 unspecified atom stereocenters. The molecule has 2 aliphatic rings. The van der Waals surface area contributed by atoms with Crippen LogP contribution in [0.2, 0.25) is 0 Å². The van der Waals surface area contributed by atoms with Crippen molar-refractivity contribution in [1.29, 1.82) is 0 Å². The van der Waals surface area contributed by atoms with Crippen molar-refractivity contribution in [3.63, 3.8) is 0 Å². The zero-order valence-electron chi connectivity index (χ0n) is 15.8. The van der Waals surface area contributed by atoms with E-state index in [2.05, 4.69) is 24.1 Å². The Hall–Kier alpha value is -1.96. The van der Waals surface area contributed by atoms with E-state index < -0.39 is 0 Å². The zero-order chi connectivity index (χ0) is 19.0. The maximum atomic E-state index is 13.4. The number of morpholine rings is 1. The number of thiophene rings is 1. The van der Waals surface area contributed by atoms with Crippen molar-refractivity contribution in [3.8, 4) is 0 Å². The lowest BCUT2D eigenvalue weighted by atomic mass is 10.0. The maximum Gasteiger partial charge on any atom is 0.264 e. The molecule has 1 atom stereocenters. The van der Waals surface area contributed by atoms with E-state index in [1.54, 1.807) is 23.2 Å². The molecule has 2 fully saturated rings. The topological polar surface area (TPSA) is 53.1 Å². The van der Waals surface area contributed by atoms with Crippen LogP contribution in [0.15, 0.2) is 24.3 Å².